The number of fused-ring (bicyclic) bond motifs is 1. The van der Waals surface area contributed by atoms with Gasteiger partial charge in [0.2, 0.25) is 5.78 Å². The van der Waals surface area contributed by atoms with Crippen molar-refractivity contribution in [2.75, 3.05) is 11.5 Å². The Hall–Kier alpha value is -4.04. The summed E-state index contributed by atoms with van der Waals surface area (Å²) in [4.78, 5) is 28.7. The molecule has 38 heavy (non-hydrogen) atoms. The van der Waals surface area contributed by atoms with Gasteiger partial charge in [0.15, 0.2) is 23.0 Å². The third-order valence-electron chi connectivity index (χ3n) is 6.59. The van der Waals surface area contributed by atoms with E-state index in [0.717, 1.165) is 10.0 Å². The number of rotatable bonds is 7. The first kappa shape index (κ1) is 25.6. The minimum atomic E-state index is -0.986. The van der Waals surface area contributed by atoms with E-state index in [4.69, 9.17) is 9.15 Å². The van der Waals surface area contributed by atoms with Crippen molar-refractivity contribution in [2.24, 2.45) is 0 Å². The van der Waals surface area contributed by atoms with Gasteiger partial charge in [0.1, 0.15) is 5.58 Å². The number of aliphatic hydroxyl groups excluding tert-OH is 1. The number of anilines is 1. The molecule has 5 rings (SSSR count). The summed E-state index contributed by atoms with van der Waals surface area (Å²) in [6.45, 7) is 6.23. The van der Waals surface area contributed by atoms with E-state index >= 15 is 0 Å². The lowest BCUT2D eigenvalue weighted by atomic mass is 9.94. The molecule has 0 bridgehead atoms. The average molecular weight is 576 g/mol. The van der Waals surface area contributed by atoms with Gasteiger partial charge < -0.3 is 19.4 Å². The summed E-state index contributed by atoms with van der Waals surface area (Å²) in [6, 6.07) is 18.0. The van der Waals surface area contributed by atoms with Gasteiger partial charge in [-0.2, -0.15) is 0 Å². The van der Waals surface area contributed by atoms with Crippen LogP contribution in [-0.2, 0) is 4.79 Å². The largest absolute Gasteiger partial charge is 0.504 e. The molecule has 0 fully saturated rings. The summed E-state index contributed by atoms with van der Waals surface area (Å²) >= 11 is 3.42. The predicted molar refractivity (Wildman–Crippen MR) is 148 cm³/mol. The molecular weight excluding hydrogens is 550 g/mol. The van der Waals surface area contributed by atoms with Crippen molar-refractivity contribution in [2.45, 2.75) is 32.7 Å². The highest BCUT2D eigenvalue weighted by Crippen LogP contribution is 2.44. The monoisotopic (exact) mass is 575 g/mol. The molecule has 1 amide bonds. The molecule has 1 atom stereocenters. The number of carbonyl (C=O) groups excluding carboxylic acids is 2. The zero-order valence-corrected chi connectivity index (χ0v) is 22.7. The Bertz CT molecular complexity index is 1580. The van der Waals surface area contributed by atoms with Crippen LogP contribution in [0.5, 0.6) is 11.5 Å². The number of benzene rings is 3. The Morgan fingerprint density at radius 1 is 1.05 bits per heavy atom. The standard InChI is InChI=1S/C30H26BrNO6/c1-4-37-24-14-18(7-11-22(24)33)27-26(28(34)25-15-19-13-20(31)8-12-23(19)38-25)29(35)30(36)32(27)21-9-5-17(6-10-21)16(2)3/h5-16,27,33,35H,4H2,1-3H3. The van der Waals surface area contributed by atoms with Crippen molar-refractivity contribution in [3.05, 3.63) is 99.4 Å². The van der Waals surface area contributed by atoms with E-state index in [1.54, 1.807) is 49.4 Å². The SMILES string of the molecule is CCOc1cc(C2C(C(=O)c3cc4cc(Br)ccc4o3)=C(O)C(=O)N2c2ccc(C(C)C)cc2)ccc1O. The predicted octanol–water partition coefficient (Wildman–Crippen LogP) is 7.21. The number of hydrogen-bond donors (Lipinski definition) is 2. The second-order valence-corrected chi connectivity index (χ2v) is 10.3. The van der Waals surface area contributed by atoms with E-state index in [1.807, 2.05) is 18.2 Å². The van der Waals surface area contributed by atoms with Crippen LogP contribution in [0.4, 0.5) is 5.69 Å². The second-order valence-electron chi connectivity index (χ2n) is 9.37. The number of ketones is 1. The van der Waals surface area contributed by atoms with Crippen LogP contribution < -0.4 is 9.64 Å². The summed E-state index contributed by atoms with van der Waals surface area (Å²) in [6.07, 6.45) is 0. The van der Waals surface area contributed by atoms with Gasteiger partial charge in [-0.15, -0.1) is 0 Å². The molecule has 0 saturated heterocycles. The van der Waals surface area contributed by atoms with Crippen molar-refractivity contribution in [1.29, 1.82) is 0 Å². The maximum Gasteiger partial charge on any atom is 0.294 e. The van der Waals surface area contributed by atoms with Crippen molar-refractivity contribution >= 4 is 44.3 Å². The number of nitrogens with zero attached hydrogens (tertiary/aromatic N) is 1. The third-order valence-corrected chi connectivity index (χ3v) is 7.09. The zero-order valence-electron chi connectivity index (χ0n) is 21.1. The molecule has 2 N–H and O–H groups in total. The molecule has 0 saturated carbocycles. The Labute approximate surface area is 228 Å². The number of ether oxygens (including phenoxy) is 1. The average Bonchev–Trinajstić information content (AvgIpc) is 3.43. The molecule has 0 aliphatic carbocycles. The van der Waals surface area contributed by atoms with E-state index in [9.17, 15) is 19.8 Å². The number of Topliss-reactive ketones (excluding diaryl/α,β-unsaturated/α-hetero) is 1. The van der Waals surface area contributed by atoms with E-state index in [1.165, 1.54) is 11.0 Å². The smallest absolute Gasteiger partial charge is 0.294 e. The number of amides is 1. The van der Waals surface area contributed by atoms with Crippen LogP contribution >= 0.6 is 15.9 Å². The number of furan rings is 1. The number of aromatic hydroxyl groups is 1. The summed E-state index contributed by atoms with van der Waals surface area (Å²) in [7, 11) is 0. The number of phenols is 1. The van der Waals surface area contributed by atoms with E-state index < -0.39 is 23.5 Å². The highest BCUT2D eigenvalue weighted by molar-refractivity contribution is 9.10. The first-order valence-corrected chi connectivity index (χ1v) is 13.0. The third kappa shape index (κ3) is 4.45. The van der Waals surface area contributed by atoms with Crippen LogP contribution in [0.2, 0.25) is 0 Å². The molecule has 7 nitrogen and oxygen atoms in total. The molecule has 3 aromatic carbocycles. The van der Waals surface area contributed by atoms with E-state index in [-0.39, 0.29) is 28.8 Å². The molecule has 1 unspecified atom stereocenters. The lowest BCUT2D eigenvalue weighted by Gasteiger charge is -2.27. The maximum absolute atomic E-state index is 13.9. The van der Waals surface area contributed by atoms with Gasteiger partial charge >= 0.3 is 0 Å². The van der Waals surface area contributed by atoms with Gasteiger partial charge in [-0.3, -0.25) is 14.5 Å². The first-order valence-electron chi connectivity index (χ1n) is 12.3. The van der Waals surface area contributed by atoms with Crippen molar-refractivity contribution in [3.8, 4) is 11.5 Å². The second kappa shape index (κ2) is 10.0. The summed E-state index contributed by atoms with van der Waals surface area (Å²) < 4.78 is 12.2. The van der Waals surface area contributed by atoms with Gasteiger partial charge in [0.25, 0.3) is 5.91 Å². The van der Waals surface area contributed by atoms with Crippen molar-refractivity contribution in [3.63, 3.8) is 0 Å². The Kier molecular flexibility index (Phi) is 6.75. The Balaban J connectivity index is 1.66. The Morgan fingerprint density at radius 3 is 2.47 bits per heavy atom. The van der Waals surface area contributed by atoms with Crippen LogP contribution in [0.15, 0.2) is 87.0 Å². The van der Waals surface area contributed by atoms with Crippen molar-refractivity contribution in [1.82, 2.24) is 0 Å². The quantitative estimate of drug-likeness (QED) is 0.226. The zero-order chi connectivity index (χ0) is 27.1. The highest BCUT2D eigenvalue weighted by atomic mass is 79.9. The molecule has 1 aliphatic heterocycles. The van der Waals surface area contributed by atoms with Gasteiger partial charge in [0.05, 0.1) is 18.2 Å². The number of hydrogen-bond acceptors (Lipinski definition) is 6. The van der Waals surface area contributed by atoms with Gasteiger partial charge in [-0.05, 0) is 72.5 Å². The van der Waals surface area contributed by atoms with Crippen LogP contribution in [0.3, 0.4) is 0 Å². The van der Waals surface area contributed by atoms with E-state index in [2.05, 4.69) is 29.8 Å². The molecule has 0 radical (unpaired) electrons. The van der Waals surface area contributed by atoms with Crippen LogP contribution in [-0.4, -0.2) is 28.5 Å². The highest BCUT2D eigenvalue weighted by Gasteiger charge is 2.45. The van der Waals surface area contributed by atoms with Gasteiger partial charge in [-0.25, -0.2) is 0 Å². The molecule has 194 valence electrons. The molecule has 1 aliphatic rings. The fraction of sp³-hybridized carbons (Fsp3) is 0.200. The van der Waals surface area contributed by atoms with Crippen LogP contribution in [0.1, 0.15) is 54.4 Å². The molecule has 1 aromatic heterocycles. The maximum atomic E-state index is 13.9. The molecule has 0 spiro atoms. The van der Waals surface area contributed by atoms with E-state index in [0.29, 0.717) is 28.8 Å². The topological polar surface area (TPSA) is 100 Å². The lowest BCUT2D eigenvalue weighted by molar-refractivity contribution is -0.117. The molecule has 8 heteroatoms. The van der Waals surface area contributed by atoms with Crippen molar-refractivity contribution < 1.29 is 29.0 Å². The number of aliphatic hydroxyl groups is 1. The normalized spacial score (nSPS) is 15.7. The fourth-order valence-corrected chi connectivity index (χ4v) is 5.05. The number of phenolic OH excluding ortho intramolecular Hbond substituents is 1. The molecular formula is C30H26BrNO6. The summed E-state index contributed by atoms with van der Waals surface area (Å²) in [5.41, 5.74) is 2.47. The molecule has 2 heterocycles. The van der Waals surface area contributed by atoms with Gasteiger partial charge in [0, 0.05) is 15.5 Å². The van der Waals surface area contributed by atoms with Crippen LogP contribution in [0.25, 0.3) is 11.0 Å². The number of carbonyl (C=O) groups is 2. The minimum absolute atomic E-state index is 0.00161. The summed E-state index contributed by atoms with van der Waals surface area (Å²) in [5, 5.41) is 22.1. The van der Waals surface area contributed by atoms with Crippen LogP contribution in [0, 0.1) is 0 Å². The Morgan fingerprint density at radius 2 is 1.79 bits per heavy atom. The minimum Gasteiger partial charge on any atom is -0.504 e. The summed E-state index contributed by atoms with van der Waals surface area (Å²) in [5.74, 6) is -1.55. The first-order chi connectivity index (χ1) is 18.2. The van der Waals surface area contributed by atoms with Gasteiger partial charge in [-0.1, -0.05) is 48.0 Å². The number of halogens is 1. The lowest BCUT2D eigenvalue weighted by Crippen LogP contribution is -2.31. The molecule has 4 aromatic rings. The fourth-order valence-electron chi connectivity index (χ4n) is 4.67.